The fraction of sp³-hybridized carbons (Fsp3) is 0.158. The minimum absolute atomic E-state index is 0.0637. The standard InChI is InChI=1S/C19H18N4O6S/c1-13-7-9-14(10-8-13)23(30(28,29)15-5-3-2-4-6-15)12-11-22-17(19(26)27)16(18(24)25)20-21-22/h2-10H,11-12H2,1H3,(H,24,25)(H,26,27). The van der Waals surface area contributed by atoms with Gasteiger partial charge in [0.1, 0.15) is 0 Å². The summed E-state index contributed by atoms with van der Waals surface area (Å²) >= 11 is 0. The molecule has 0 fully saturated rings. The van der Waals surface area contributed by atoms with Crippen molar-refractivity contribution in [1.82, 2.24) is 15.0 Å². The molecule has 0 spiro atoms. The van der Waals surface area contributed by atoms with E-state index in [4.69, 9.17) is 5.11 Å². The van der Waals surface area contributed by atoms with Crippen LogP contribution in [-0.4, -0.2) is 52.1 Å². The zero-order chi connectivity index (χ0) is 21.9. The molecule has 0 amide bonds. The van der Waals surface area contributed by atoms with Crippen LogP contribution in [0, 0.1) is 6.92 Å². The van der Waals surface area contributed by atoms with E-state index in [1.54, 1.807) is 42.5 Å². The fourth-order valence-corrected chi connectivity index (χ4v) is 4.31. The molecular weight excluding hydrogens is 412 g/mol. The summed E-state index contributed by atoms with van der Waals surface area (Å²) in [6.45, 7) is 1.45. The quantitative estimate of drug-likeness (QED) is 0.551. The molecule has 11 heteroatoms. The first kappa shape index (κ1) is 21.0. The number of aromatic nitrogens is 3. The van der Waals surface area contributed by atoms with Crippen LogP contribution < -0.4 is 4.31 Å². The molecule has 2 aromatic carbocycles. The number of carbonyl (C=O) groups is 2. The highest BCUT2D eigenvalue weighted by molar-refractivity contribution is 7.92. The van der Waals surface area contributed by atoms with Gasteiger partial charge in [0.15, 0.2) is 5.69 Å². The maximum Gasteiger partial charge on any atom is 0.359 e. The molecule has 156 valence electrons. The molecule has 0 atom stereocenters. The van der Waals surface area contributed by atoms with Crippen molar-refractivity contribution >= 4 is 27.6 Å². The van der Waals surface area contributed by atoms with E-state index >= 15 is 0 Å². The lowest BCUT2D eigenvalue weighted by atomic mass is 10.2. The van der Waals surface area contributed by atoms with Crippen LogP contribution in [0.4, 0.5) is 5.69 Å². The zero-order valence-electron chi connectivity index (χ0n) is 15.8. The molecule has 0 saturated carbocycles. The van der Waals surface area contributed by atoms with Gasteiger partial charge in [-0.05, 0) is 31.2 Å². The highest BCUT2D eigenvalue weighted by Gasteiger charge is 2.28. The lowest BCUT2D eigenvalue weighted by molar-refractivity contribution is 0.0640. The molecule has 30 heavy (non-hydrogen) atoms. The van der Waals surface area contributed by atoms with Crippen LogP contribution in [0.5, 0.6) is 0 Å². The normalized spacial score (nSPS) is 11.2. The predicted molar refractivity (Wildman–Crippen MR) is 106 cm³/mol. The molecule has 0 unspecified atom stereocenters. The Labute approximate surface area is 172 Å². The van der Waals surface area contributed by atoms with Crippen LogP contribution in [0.15, 0.2) is 59.5 Å². The summed E-state index contributed by atoms with van der Waals surface area (Å²) in [5.74, 6) is -3.06. The molecule has 2 N–H and O–H groups in total. The summed E-state index contributed by atoms with van der Waals surface area (Å²) in [5, 5.41) is 25.4. The topological polar surface area (TPSA) is 143 Å². The van der Waals surface area contributed by atoms with Gasteiger partial charge < -0.3 is 10.2 Å². The van der Waals surface area contributed by atoms with Crippen LogP contribution in [0.3, 0.4) is 0 Å². The second-order valence-corrected chi connectivity index (χ2v) is 8.21. The molecule has 1 heterocycles. The van der Waals surface area contributed by atoms with Crippen molar-refractivity contribution in [3.05, 3.63) is 71.5 Å². The van der Waals surface area contributed by atoms with Crippen molar-refractivity contribution < 1.29 is 28.2 Å². The zero-order valence-corrected chi connectivity index (χ0v) is 16.7. The molecule has 3 rings (SSSR count). The second-order valence-electron chi connectivity index (χ2n) is 6.35. The van der Waals surface area contributed by atoms with Crippen LogP contribution in [0.25, 0.3) is 0 Å². The summed E-state index contributed by atoms with van der Waals surface area (Å²) in [7, 11) is -3.97. The summed E-state index contributed by atoms with van der Waals surface area (Å²) in [5.41, 5.74) is -0.0231. The summed E-state index contributed by atoms with van der Waals surface area (Å²) in [4.78, 5) is 22.7. The average Bonchev–Trinajstić information content (AvgIpc) is 3.14. The first-order valence-electron chi connectivity index (χ1n) is 8.76. The van der Waals surface area contributed by atoms with Crippen molar-refractivity contribution in [1.29, 1.82) is 0 Å². The molecule has 0 aliphatic rings. The third-order valence-electron chi connectivity index (χ3n) is 4.31. The molecule has 0 aliphatic heterocycles. The first-order chi connectivity index (χ1) is 14.2. The smallest absolute Gasteiger partial charge is 0.359 e. The van der Waals surface area contributed by atoms with Gasteiger partial charge in [-0.1, -0.05) is 41.1 Å². The van der Waals surface area contributed by atoms with Gasteiger partial charge in [0, 0.05) is 0 Å². The van der Waals surface area contributed by atoms with E-state index in [0.717, 1.165) is 14.6 Å². The van der Waals surface area contributed by atoms with Crippen molar-refractivity contribution in [2.45, 2.75) is 18.4 Å². The predicted octanol–water partition coefficient (Wildman–Crippen LogP) is 1.88. The molecule has 1 aromatic heterocycles. The van der Waals surface area contributed by atoms with E-state index in [1.165, 1.54) is 12.1 Å². The van der Waals surface area contributed by atoms with Crippen LogP contribution in [0.1, 0.15) is 26.5 Å². The van der Waals surface area contributed by atoms with Gasteiger partial charge in [-0.3, -0.25) is 4.31 Å². The van der Waals surface area contributed by atoms with E-state index < -0.39 is 33.3 Å². The molecule has 0 radical (unpaired) electrons. The summed E-state index contributed by atoms with van der Waals surface area (Å²) in [6.07, 6.45) is 0. The van der Waals surface area contributed by atoms with Gasteiger partial charge in [-0.15, -0.1) is 5.10 Å². The van der Waals surface area contributed by atoms with Gasteiger partial charge in [0.05, 0.1) is 23.7 Å². The molecule has 0 bridgehead atoms. The van der Waals surface area contributed by atoms with E-state index in [0.29, 0.717) is 5.69 Å². The maximum atomic E-state index is 13.2. The molecule has 10 nitrogen and oxygen atoms in total. The SMILES string of the molecule is Cc1ccc(N(CCn2nnc(C(=O)O)c2C(=O)O)S(=O)(=O)c2ccccc2)cc1. The Kier molecular flexibility index (Phi) is 5.83. The lowest BCUT2D eigenvalue weighted by Gasteiger charge is -2.24. The van der Waals surface area contributed by atoms with Crippen LogP contribution in [-0.2, 0) is 16.6 Å². The van der Waals surface area contributed by atoms with Gasteiger partial charge in [-0.2, -0.15) is 0 Å². The lowest BCUT2D eigenvalue weighted by Crippen LogP contribution is -2.34. The molecule has 0 saturated heterocycles. The van der Waals surface area contributed by atoms with Crippen molar-refractivity contribution in [3.8, 4) is 0 Å². The van der Waals surface area contributed by atoms with Gasteiger partial charge in [0.25, 0.3) is 10.0 Å². The number of anilines is 1. The maximum absolute atomic E-state index is 13.2. The Balaban J connectivity index is 2.00. The Bertz CT molecular complexity index is 1170. The number of benzene rings is 2. The monoisotopic (exact) mass is 430 g/mol. The van der Waals surface area contributed by atoms with Crippen molar-refractivity contribution in [3.63, 3.8) is 0 Å². The Hall–Kier alpha value is -3.73. The van der Waals surface area contributed by atoms with E-state index in [2.05, 4.69) is 10.3 Å². The number of sulfonamides is 1. The third-order valence-corrected chi connectivity index (χ3v) is 6.15. The van der Waals surface area contributed by atoms with Gasteiger partial charge >= 0.3 is 11.9 Å². The molecule has 3 aromatic rings. The minimum atomic E-state index is -3.97. The highest BCUT2D eigenvalue weighted by Crippen LogP contribution is 2.24. The first-order valence-corrected chi connectivity index (χ1v) is 10.2. The average molecular weight is 430 g/mol. The summed E-state index contributed by atoms with van der Waals surface area (Å²) < 4.78 is 28.5. The van der Waals surface area contributed by atoms with E-state index in [-0.39, 0.29) is 18.0 Å². The number of rotatable bonds is 8. The number of nitrogens with zero attached hydrogens (tertiary/aromatic N) is 4. The van der Waals surface area contributed by atoms with Gasteiger partial charge in [-0.25, -0.2) is 22.7 Å². The largest absolute Gasteiger partial charge is 0.476 e. The second kappa shape index (κ2) is 8.33. The van der Waals surface area contributed by atoms with Crippen LogP contribution in [0.2, 0.25) is 0 Å². The van der Waals surface area contributed by atoms with Crippen molar-refractivity contribution in [2.24, 2.45) is 0 Å². The molecular formula is C19H18N4O6S. The molecule has 0 aliphatic carbocycles. The Morgan fingerprint density at radius 2 is 1.63 bits per heavy atom. The van der Waals surface area contributed by atoms with Crippen molar-refractivity contribution in [2.75, 3.05) is 10.8 Å². The fourth-order valence-electron chi connectivity index (χ4n) is 2.83. The van der Waals surface area contributed by atoms with E-state index in [1.807, 2.05) is 6.92 Å². The number of hydrogen-bond donors (Lipinski definition) is 2. The Morgan fingerprint density at radius 1 is 1.00 bits per heavy atom. The number of carboxylic acid groups (broad SMARTS) is 2. The Morgan fingerprint density at radius 3 is 2.20 bits per heavy atom. The van der Waals surface area contributed by atoms with E-state index in [9.17, 15) is 23.1 Å². The number of carboxylic acids is 2. The minimum Gasteiger partial charge on any atom is -0.476 e. The summed E-state index contributed by atoms with van der Waals surface area (Å²) in [6, 6.07) is 14.6. The number of aryl methyl sites for hydroxylation is 1. The van der Waals surface area contributed by atoms with Gasteiger partial charge in [0.2, 0.25) is 5.69 Å². The third kappa shape index (κ3) is 4.15. The number of aromatic carboxylic acids is 2. The number of hydrogen-bond acceptors (Lipinski definition) is 6. The van der Waals surface area contributed by atoms with Crippen LogP contribution >= 0.6 is 0 Å². The highest BCUT2D eigenvalue weighted by atomic mass is 32.2.